The average molecular weight is 500 g/mol. The smallest absolute Gasteiger partial charge is 0.327 e. The zero-order chi connectivity index (χ0) is 25.4. The molecule has 1 unspecified atom stereocenters. The number of rotatable bonds is 6. The molecule has 4 aromatic rings. The van der Waals surface area contributed by atoms with Gasteiger partial charge in [0, 0.05) is 63.3 Å². The standard InChI is InChI=1S/C27H29N7O3/c1-37-14-10-18-16-33(22-6-3-2-5-20(18)22)26(35)21-15-24(30-17-29-21)32-12-8-19(9-13-32)34-23-7-4-11-28-25(23)31-27(34)36/h2-7,11,15,17-19H,8-10,12-14,16H2,1H3,(H,28,31,36). The van der Waals surface area contributed by atoms with E-state index in [9.17, 15) is 9.59 Å². The number of aromatic nitrogens is 5. The fourth-order valence-electron chi connectivity index (χ4n) is 5.64. The predicted octanol–water partition coefficient (Wildman–Crippen LogP) is 3.14. The van der Waals surface area contributed by atoms with E-state index in [0.717, 1.165) is 49.4 Å². The van der Waals surface area contributed by atoms with Gasteiger partial charge in [-0.1, -0.05) is 18.2 Å². The molecule has 1 amide bonds. The molecule has 1 saturated heterocycles. The summed E-state index contributed by atoms with van der Waals surface area (Å²) in [4.78, 5) is 46.1. The van der Waals surface area contributed by atoms with Crippen LogP contribution < -0.4 is 15.5 Å². The number of fused-ring (bicyclic) bond motifs is 2. The number of hydrogen-bond acceptors (Lipinski definition) is 7. The Balaban J connectivity index is 1.18. The second kappa shape index (κ2) is 9.78. The molecule has 1 atom stereocenters. The highest BCUT2D eigenvalue weighted by Crippen LogP contribution is 2.38. The molecule has 10 heteroatoms. The van der Waals surface area contributed by atoms with Gasteiger partial charge in [-0.2, -0.15) is 0 Å². The van der Waals surface area contributed by atoms with Gasteiger partial charge >= 0.3 is 5.69 Å². The number of anilines is 2. The van der Waals surface area contributed by atoms with Gasteiger partial charge in [-0.05, 0) is 43.0 Å². The number of methoxy groups -OCH3 is 1. The van der Waals surface area contributed by atoms with Crippen LogP contribution in [0.3, 0.4) is 0 Å². The summed E-state index contributed by atoms with van der Waals surface area (Å²) < 4.78 is 7.11. The summed E-state index contributed by atoms with van der Waals surface area (Å²) in [5.41, 5.74) is 3.81. The van der Waals surface area contributed by atoms with Crippen molar-refractivity contribution in [3.63, 3.8) is 0 Å². The van der Waals surface area contributed by atoms with Gasteiger partial charge in [-0.15, -0.1) is 0 Å². The first-order valence-electron chi connectivity index (χ1n) is 12.7. The third-order valence-electron chi connectivity index (χ3n) is 7.50. The quantitative estimate of drug-likeness (QED) is 0.434. The van der Waals surface area contributed by atoms with E-state index in [0.29, 0.717) is 24.5 Å². The third-order valence-corrected chi connectivity index (χ3v) is 7.50. The lowest BCUT2D eigenvalue weighted by Gasteiger charge is -2.33. The molecule has 0 aliphatic carbocycles. The van der Waals surface area contributed by atoms with Crippen molar-refractivity contribution in [2.75, 3.05) is 43.2 Å². The van der Waals surface area contributed by atoms with E-state index in [-0.39, 0.29) is 23.6 Å². The maximum atomic E-state index is 13.6. The van der Waals surface area contributed by atoms with Crippen LogP contribution in [-0.4, -0.2) is 63.8 Å². The van der Waals surface area contributed by atoms with E-state index >= 15 is 0 Å². The number of nitrogens with zero attached hydrogens (tertiary/aromatic N) is 6. The van der Waals surface area contributed by atoms with E-state index in [1.165, 1.54) is 11.9 Å². The summed E-state index contributed by atoms with van der Waals surface area (Å²) in [6.07, 6.45) is 5.58. The molecule has 1 aromatic carbocycles. The Kier molecular flexibility index (Phi) is 6.17. The summed E-state index contributed by atoms with van der Waals surface area (Å²) in [5.74, 6) is 0.848. The second-order valence-corrected chi connectivity index (χ2v) is 9.60. The number of hydrogen-bond donors (Lipinski definition) is 1. The number of piperidine rings is 1. The van der Waals surface area contributed by atoms with Gasteiger partial charge in [0.2, 0.25) is 0 Å². The fourth-order valence-corrected chi connectivity index (χ4v) is 5.64. The second-order valence-electron chi connectivity index (χ2n) is 9.60. The van der Waals surface area contributed by atoms with Gasteiger partial charge in [0.05, 0.1) is 5.52 Å². The molecule has 0 bridgehead atoms. The van der Waals surface area contributed by atoms with Gasteiger partial charge in [0.1, 0.15) is 17.8 Å². The number of para-hydroxylation sites is 1. The molecule has 37 heavy (non-hydrogen) atoms. The number of pyridine rings is 1. The summed E-state index contributed by atoms with van der Waals surface area (Å²) in [7, 11) is 1.70. The summed E-state index contributed by atoms with van der Waals surface area (Å²) in [6.45, 7) is 2.71. The molecule has 0 radical (unpaired) electrons. The molecular formula is C27H29N7O3. The summed E-state index contributed by atoms with van der Waals surface area (Å²) >= 11 is 0. The first-order valence-corrected chi connectivity index (χ1v) is 12.7. The Bertz CT molecular complexity index is 1490. The normalized spacial score (nSPS) is 17.9. The Labute approximate surface area is 213 Å². The maximum absolute atomic E-state index is 13.6. The molecule has 2 aliphatic rings. The van der Waals surface area contributed by atoms with Crippen LogP contribution in [0, 0.1) is 0 Å². The van der Waals surface area contributed by atoms with Gasteiger partial charge in [0.15, 0.2) is 5.65 Å². The zero-order valence-corrected chi connectivity index (χ0v) is 20.7. The van der Waals surface area contributed by atoms with Gasteiger partial charge in [-0.25, -0.2) is 19.7 Å². The zero-order valence-electron chi connectivity index (χ0n) is 20.7. The van der Waals surface area contributed by atoms with E-state index in [1.54, 1.807) is 19.4 Å². The minimum Gasteiger partial charge on any atom is -0.385 e. The van der Waals surface area contributed by atoms with Crippen LogP contribution in [0.2, 0.25) is 0 Å². The minimum atomic E-state index is -0.128. The molecule has 1 fully saturated rings. The summed E-state index contributed by atoms with van der Waals surface area (Å²) in [6, 6.07) is 13.7. The van der Waals surface area contributed by atoms with Gasteiger partial charge in [-0.3, -0.25) is 14.3 Å². The highest BCUT2D eigenvalue weighted by Gasteiger charge is 2.33. The van der Waals surface area contributed by atoms with Crippen molar-refractivity contribution in [3.05, 3.63) is 76.7 Å². The Morgan fingerprint density at radius 1 is 1.11 bits per heavy atom. The fraction of sp³-hybridized carbons (Fsp3) is 0.370. The van der Waals surface area contributed by atoms with Gasteiger partial charge in [0.25, 0.3) is 5.91 Å². The van der Waals surface area contributed by atoms with Gasteiger partial charge < -0.3 is 14.5 Å². The highest BCUT2D eigenvalue weighted by atomic mass is 16.5. The first-order chi connectivity index (χ1) is 18.1. The SMILES string of the molecule is COCCC1CN(C(=O)c2cc(N3CCC(n4c(=O)[nH]c5ncccc54)CC3)ncn2)c2ccccc21. The highest BCUT2D eigenvalue weighted by molar-refractivity contribution is 6.06. The predicted molar refractivity (Wildman–Crippen MR) is 140 cm³/mol. The topological polar surface area (TPSA) is 109 Å². The van der Waals surface area contributed by atoms with Crippen molar-refractivity contribution in [3.8, 4) is 0 Å². The molecule has 6 rings (SSSR count). The van der Waals surface area contributed by atoms with E-state index in [1.807, 2.05) is 39.8 Å². The van der Waals surface area contributed by atoms with Crippen LogP contribution in [0.5, 0.6) is 0 Å². The third kappa shape index (κ3) is 4.27. The monoisotopic (exact) mass is 499 g/mol. The Morgan fingerprint density at radius 3 is 2.78 bits per heavy atom. The number of nitrogens with one attached hydrogen (secondary N) is 1. The molecular weight excluding hydrogens is 470 g/mol. The summed E-state index contributed by atoms with van der Waals surface area (Å²) in [5, 5.41) is 0. The van der Waals surface area contributed by atoms with E-state index in [2.05, 4.69) is 30.9 Å². The van der Waals surface area contributed by atoms with Crippen molar-refractivity contribution < 1.29 is 9.53 Å². The largest absolute Gasteiger partial charge is 0.385 e. The number of carbonyl (C=O) groups excluding carboxylic acids is 1. The van der Waals surface area contributed by atoms with Crippen molar-refractivity contribution in [1.82, 2.24) is 24.5 Å². The van der Waals surface area contributed by atoms with Crippen molar-refractivity contribution in [2.45, 2.75) is 31.2 Å². The number of carbonyl (C=O) groups is 1. The number of ether oxygens (including phenoxy) is 1. The molecule has 190 valence electrons. The lowest BCUT2D eigenvalue weighted by atomic mass is 9.98. The van der Waals surface area contributed by atoms with Crippen molar-refractivity contribution in [2.24, 2.45) is 0 Å². The molecule has 0 saturated carbocycles. The van der Waals surface area contributed by atoms with Crippen LogP contribution in [0.25, 0.3) is 11.2 Å². The lowest BCUT2D eigenvalue weighted by Crippen LogP contribution is -2.37. The van der Waals surface area contributed by atoms with Crippen molar-refractivity contribution >= 4 is 28.6 Å². The Hall–Kier alpha value is -4.05. The molecule has 10 nitrogen and oxygen atoms in total. The number of H-pyrrole nitrogens is 1. The molecule has 1 N–H and O–H groups in total. The Morgan fingerprint density at radius 2 is 1.95 bits per heavy atom. The van der Waals surface area contributed by atoms with E-state index < -0.39 is 0 Å². The number of benzene rings is 1. The van der Waals surface area contributed by atoms with Crippen LogP contribution in [0.15, 0.2) is 59.8 Å². The minimum absolute atomic E-state index is 0.0785. The van der Waals surface area contributed by atoms with Crippen LogP contribution in [0.4, 0.5) is 11.5 Å². The number of imidazole rings is 1. The van der Waals surface area contributed by atoms with Crippen LogP contribution >= 0.6 is 0 Å². The average Bonchev–Trinajstić information content (AvgIpc) is 3.48. The maximum Gasteiger partial charge on any atom is 0.327 e. The van der Waals surface area contributed by atoms with Crippen LogP contribution in [-0.2, 0) is 4.74 Å². The van der Waals surface area contributed by atoms with Crippen LogP contribution in [0.1, 0.15) is 47.3 Å². The molecule has 0 spiro atoms. The first kappa shape index (κ1) is 23.4. The molecule has 3 aromatic heterocycles. The molecule has 2 aliphatic heterocycles. The lowest BCUT2D eigenvalue weighted by molar-refractivity contribution is 0.0982. The molecule has 5 heterocycles. The van der Waals surface area contributed by atoms with E-state index in [4.69, 9.17) is 4.74 Å². The van der Waals surface area contributed by atoms with Crippen molar-refractivity contribution in [1.29, 1.82) is 0 Å². The number of amides is 1. The number of aromatic amines is 1.